The summed E-state index contributed by atoms with van der Waals surface area (Å²) < 4.78 is 35.9. The maximum Gasteiger partial charge on any atom is 0.586 e. The fourth-order valence-corrected chi connectivity index (χ4v) is 7.95. The van der Waals surface area contributed by atoms with E-state index in [0.717, 1.165) is 50.6 Å². The van der Waals surface area contributed by atoms with Crippen LogP contribution >= 0.6 is 0 Å². The highest BCUT2D eigenvalue weighted by molar-refractivity contribution is 5.45. The van der Waals surface area contributed by atoms with Gasteiger partial charge in [-0.2, -0.15) is 0 Å². The van der Waals surface area contributed by atoms with Gasteiger partial charge in [0.25, 0.3) is 0 Å². The van der Waals surface area contributed by atoms with Gasteiger partial charge in [0.2, 0.25) is 0 Å². The molecule has 194 valence electrons. The van der Waals surface area contributed by atoms with Crippen LogP contribution in [0, 0.1) is 34.5 Å². The zero-order chi connectivity index (χ0) is 25.0. The first-order chi connectivity index (χ1) is 16.6. The second-order valence-electron chi connectivity index (χ2n) is 11.9. The number of fused-ring (bicyclic) bond motifs is 2. The number of hydrogen-bond donors (Lipinski definition) is 3. The largest absolute Gasteiger partial charge is 0.586 e. The molecular formula is C28H39F2NO4. The Morgan fingerprint density at radius 3 is 2.63 bits per heavy atom. The molecule has 3 fully saturated rings. The standard InChI is InChI=1S/C28H39F2NO4/c1-17-4-6-22-21(15-31-14-18-5-7-24-25(12-18)35-28(29,30)34-24)23(9-11-26(17,22)2)27(3)10-8-20(33)13-19(27)16-32/h5,7,12,19-23,31-33H,1,4,6,8-11,13-16H2,2-3H3. The van der Waals surface area contributed by atoms with Gasteiger partial charge in [-0.15, -0.1) is 8.78 Å². The van der Waals surface area contributed by atoms with Gasteiger partial charge in [0.05, 0.1) is 6.10 Å². The van der Waals surface area contributed by atoms with E-state index in [-0.39, 0.29) is 41.0 Å². The number of alkyl halides is 2. The number of aliphatic hydroxyl groups excluding tert-OH is 2. The molecule has 0 saturated heterocycles. The molecule has 5 nitrogen and oxygen atoms in total. The average Bonchev–Trinajstić information content (AvgIpc) is 3.29. The predicted molar refractivity (Wildman–Crippen MR) is 129 cm³/mol. The molecule has 7 unspecified atom stereocenters. The maximum atomic E-state index is 13.4. The van der Waals surface area contributed by atoms with Crippen LogP contribution in [0.2, 0.25) is 0 Å². The number of allylic oxidation sites excluding steroid dienone is 1. The van der Waals surface area contributed by atoms with E-state index in [9.17, 15) is 19.0 Å². The lowest BCUT2D eigenvalue weighted by Gasteiger charge is -2.56. The Kier molecular flexibility index (Phi) is 6.42. The second-order valence-corrected chi connectivity index (χ2v) is 11.9. The number of hydrogen-bond acceptors (Lipinski definition) is 5. The molecule has 1 aliphatic heterocycles. The van der Waals surface area contributed by atoms with E-state index in [4.69, 9.17) is 0 Å². The van der Waals surface area contributed by atoms with Crippen LogP contribution in [0.1, 0.15) is 64.4 Å². The van der Waals surface area contributed by atoms with Gasteiger partial charge in [0.1, 0.15) is 0 Å². The summed E-state index contributed by atoms with van der Waals surface area (Å²) in [4.78, 5) is 0. The lowest BCUT2D eigenvalue weighted by molar-refractivity contribution is -0.286. The van der Waals surface area contributed by atoms with E-state index in [1.165, 1.54) is 11.6 Å². The van der Waals surface area contributed by atoms with E-state index in [1.54, 1.807) is 12.1 Å². The highest BCUT2D eigenvalue weighted by Crippen LogP contribution is 2.63. The number of rotatable bonds is 6. The number of nitrogens with one attached hydrogen (secondary N) is 1. The van der Waals surface area contributed by atoms with Crippen molar-refractivity contribution in [3.05, 3.63) is 35.9 Å². The summed E-state index contributed by atoms with van der Waals surface area (Å²) in [6.07, 6.45) is 2.90. The summed E-state index contributed by atoms with van der Waals surface area (Å²) >= 11 is 0. The van der Waals surface area contributed by atoms with Crippen molar-refractivity contribution >= 4 is 0 Å². The number of aliphatic hydroxyl groups is 2. The summed E-state index contributed by atoms with van der Waals surface area (Å²) in [7, 11) is 0. The summed E-state index contributed by atoms with van der Waals surface area (Å²) in [5, 5.41) is 24.2. The molecule has 0 radical (unpaired) electrons. The minimum atomic E-state index is -3.61. The molecule has 1 aromatic carbocycles. The number of halogens is 2. The second kappa shape index (κ2) is 9.00. The molecule has 3 N–H and O–H groups in total. The molecule has 0 bridgehead atoms. The van der Waals surface area contributed by atoms with Crippen LogP contribution in [0.4, 0.5) is 8.78 Å². The van der Waals surface area contributed by atoms with Gasteiger partial charge in [-0.1, -0.05) is 32.1 Å². The van der Waals surface area contributed by atoms with Crippen molar-refractivity contribution in [2.45, 2.75) is 77.7 Å². The Morgan fingerprint density at radius 1 is 1.09 bits per heavy atom. The van der Waals surface area contributed by atoms with Gasteiger partial charge in [-0.05, 0) is 104 Å². The lowest BCUT2D eigenvalue weighted by Crippen LogP contribution is -2.53. The first kappa shape index (κ1) is 25.0. The molecular weight excluding hydrogens is 452 g/mol. The molecule has 35 heavy (non-hydrogen) atoms. The molecule has 3 aliphatic carbocycles. The molecule has 0 spiro atoms. The van der Waals surface area contributed by atoms with E-state index in [0.29, 0.717) is 30.7 Å². The highest BCUT2D eigenvalue weighted by atomic mass is 19.3. The van der Waals surface area contributed by atoms with Crippen LogP contribution in [0.5, 0.6) is 11.5 Å². The molecule has 7 atom stereocenters. The van der Waals surface area contributed by atoms with Crippen LogP contribution in [-0.2, 0) is 6.54 Å². The summed E-state index contributed by atoms with van der Waals surface area (Å²) in [6, 6.07) is 4.95. The van der Waals surface area contributed by atoms with E-state index in [2.05, 4.69) is 35.2 Å². The third kappa shape index (κ3) is 4.38. The van der Waals surface area contributed by atoms with Gasteiger partial charge >= 0.3 is 6.29 Å². The van der Waals surface area contributed by atoms with Gasteiger partial charge < -0.3 is 25.0 Å². The van der Waals surface area contributed by atoms with Gasteiger partial charge in [0, 0.05) is 13.2 Å². The zero-order valence-electron chi connectivity index (χ0n) is 20.9. The number of benzene rings is 1. The first-order valence-electron chi connectivity index (χ1n) is 13.1. The molecule has 1 aromatic rings. The minimum absolute atomic E-state index is 0.0179. The maximum absolute atomic E-state index is 13.4. The smallest absolute Gasteiger partial charge is 0.396 e. The fourth-order valence-electron chi connectivity index (χ4n) is 7.95. The van der Waals surface area contributed by atoms with Crippen LogP contribution in [-0.4, -0.2) is 35.8 Å². The summed E-state index contributed by atoms with van der Waals surface area (Å²) in [5.41, 5.74) is 2.37. The fraction of sp³-hybridized carbons (Fsp3) is 0.714. The first-order valence-corrected chi connectivity index (χ1v) is 13.1. The third-order valence-corrected chi connectivity index (χ3v) is 10.1. The Labute approximate surface area is 206 Å². The summed E-state index contributed by atoms with van der Waals surface area (Å²) in [5.74, 6) is 1.63. The SMILES string of the molecule is C=C1CCC2C(CNCc3ccc4c(c3)OC(F)(F)O4)C(C3(C)CCC(O)CC3CO)CCC12C. The van der Waals surface area contributed by atoms with Crippen molar-refractivity contribution in [1.82, 2.24) is 5.32 Å². The van der Waals surface area contributed by atoms with E-state index in [1.807, 2.05) is 0 Å². The Hall–Kier alpha value is -1.70. The highest BCUT2D eigenvalue weighted by Gasteiger charge is 2.56. The quantitative estimate of drug-likeness (QED) is 0.474. The molecule has 3 saturated carbocycles. The number of ether oxygens (including phenoxy) is 2. The summed E-state index contributed by atoms with van der Waals surface area (Å²) in [6.45, 7) is 10.6. The van der Waals surface area contributed by atoms with E-state index >= 15 is 0 Å². The van der Waals surface area contributed by atoms with Crippen molar-refractivity contribution < 1.29 is 28.5 Å². The topological polar surface area (TPSA) is 71.0 Å². The molecule has 4 aliphatic rings. The van der Waals surface area contributed by atoms with E-state index < -0.39 is 6.29 Å². The monoisotopic (exact) mass is 491 g/mol. The van der Waals surface area contributed by atoms with Crippen LogP contribution in [0.25, 0.3) is 0 Å². The van der Waals surface area contributed by atoms with Crippen molar-refractivity contribution in [1.29, 1.82) is 0 Å². The van der Waals surface area contributed by atoms with Crippen LogP contribution in [0.15, 0.2) is 30.4 Å². The normalized spacial score (nSPS) is 40.1. The Balaban J connectivity index is 1.34. The molecule has 7 heteroatoms. The van der Waals surface area contributed by atoms with Gasteiger partial charge in [-0.25, -0.2) is 0 Å². The van der Waals surface area contributed by atoms with Crippen LogP contribution < -0.4 is 14.8 Å². The van der Waals surface area contributed by atoms with Crippen molar-refractivity contribution in [2.24, 2.45) is 34.5 Å². The van der Waals surface area contributed by atoms with Crippen molar-refractivity contribution in [3.63, 3.8) is 0 Å². The van der Waals surface area contributed by atoms with Crippen molar-refractivity contribution in [2.75, 3.05) is 13.2 Å². The third-order valence-electron chi connectivity index (χ3n) is 10.1. The molecule has 1 heterocycles. The van der Waals surface area contributed by atoms with Gasteiger partial charge in [-0.3, -0.25) is 0 Å². The predicted octanol–water partition coefficient (Wildman–Crippen LogP) is 5.26. The van der Waals surface area contributed by atoms with Crippen LogP contribution in [0.3, 0.4) is 0 Å². The molecule has 0 amide bonds. The molecule has 0 aromatic heterocycles. The lowest BCUT2D eigenvalue weighted by atomic mass is 9.49. The Bertz CT molecular complexity index is 970. The minimum Gasteiger partial charge on any atom is -0.396 e. The average molecular weight is 492 g/mol. The Morgan fingerprint density at radius 2 is 1.86 bits per heavy atom. The zero-order valence-corrected chi connectivity index (χ0v) is 20.9. The van der Waals surface area contributed by atoms with Crippen molar-refractivity contribution in [3.8, 4) is 11.5 Å². The molecule has 5 rings (SSSR count). The van der Waals surface area contributed by atoms with Gasteiger partial charge in [0.15, 0.2) is 11.5 Å².